The zero-order valence-corrected chi connectivity index (χ0v) is 21.5. The molecule has 3 amide bonds. The van der Waals surface area contributed by atoms with Gasteiger partial charge in [0.1, 0.15) is 22.4 Å². The lowest BCUT2D eigenvalue weighted by Crippen LogP contribution is -2.46. The van der Waals surface area contributed by atoms with Gasteiger partial charge in [-0.2, -0.15) is 4.37 Å². The predicted molar refractivity (Wildman–Crippen MR) is 139 cm³/mol. The van der Waals surface area contributed by atoms with Crippen LogP contribution in [0.4, 0.5) is 5.69 Å². The first-order valence-corrected chi connectivity index (χ1v) is 13.1. The summed E-state index contributed by atoms with van der Waals surface area (Å²) in [6.07, 6.45) is 6.50. The monoisotopic (exact) mass is 525 g/mol. The summed E-state index contributed by atoms with van der Waals surface area (Å²) in [6.45, 7) is 2.38. The van der Waals surface area contributed by atoms with Crippen molar-refractivity contribution < 1.29 is 23.5 Å². The van der Waals surface area contributed by atoms with Crippen LogP contribution < -0.4 is 21.5 Å². The Kier molecular flexibility index (Phi) is 8.44. The summed E-state index contributed by atoms with van der Waals surface area (Å²) in [7, 11) is 0. The second-order valence-electron chi connectivity index (χ2n) is 8.90. The van der Waals surface area contributed by atoms with Crippen LogP contribution in [0, 0.1) is 0 Å². The first-order chi connectivity index (χ1) is 17.9. The van der Waals surface area contributed by atoms with E-state index in [2.05, 4.69) is 9.69 Å². The molecule has 11 heteroatoms. The molecule has 37 heavy (non-hydrogen) atoms. The van der Waals surface area contributed by atoms with Gasteiger partial charge in [0.05, 0.1) is 25.1 Å². The maximum atomic E-state index is 13.9. The Hall–Kier alpha value is -3.86. The van der Waals surface area contributed by atoms with E-state index in [1.165, 1.54) is 11.2 Å². The minimum atomic E-state index is -1.01. The molecule has 2 heterocycles. The van der Waals surface area contributed by atoms with Gasteiger partial charge >= 0.3 is 0 Å². The topological polar surface area (TPSA) is 154 Å². The molecule has 1 fully saturated rings. The normalized spacial score (nSPS) is 14.6. The molecule has 1 saturated carbocycles. The molecule has 0 radical (unpaired) electrons. The molecule has 5 N–H and O–H groups in total. The first kappa shape index (κ1) is 26.2. The predicted octanol–water partition coefficient (Wildman–Crippen LogP) is 3.65. The van der Waals surface area contributed by atoms with Crippen molar-refractivity contribution in [1.82, 2.24) is 14.6 Å². The number of rotatable bonds is 10. The molecule has 3 aromatic rings. The van der Waals surface area contributed by atoms with E-state index >= 15 is 0 Å². The summed E-state index contributed by atoms with van der Waals surface area (Å²) in [5, 5.41) is 3.15. The highest BCUT2D eigenvalue weighted by atomic mass is 32.1. The fraction of sp³-hybridized carbons (Fsp3) is 0.385. The lowest BCUT2D eigenvalue weighted by Gasteiger charge is -2.33. The third-order valence-electron chi connectivity index (χ3n) is 6.34. The third-order valence-corrected chi connectivity index (χ3v) is 7.19. The van der Waals surface area contributed by atoms with Crippen molar-refractivity contribution in [3.05, 3.63) is 64.6 Å². The number of hydrogen-bond donors (Lipinski definition) is 3. The summed E-state index contributed by atoms with van der Waals surface area (Å²) >= 11 is 0.773. The van der Waals surface area contributed by atoms with Gasteiger partial charge in [-0.3, -0.25) is 14.4 Å². The number of furan rings is 1. The van der Waals surface area contributed by atoms with Crippen LogP contribution in [-0.4, -0.2) is 39.6 Å². The van der Waals surface area contributed by atoms with Crippen molar-refractivity contribution >= 4 is 34.9 Å². The molecule has 1 aliphatic rings. The van der Waals surface area contributed by atoms with Crippen LogP contribution in [0.15, 0.2) is 47.1 Å². The summed E-state index contributed by atoms with van der Waals surface area (Å²) < 4.78 is 15.1. The average Bonchev–Trinajstić information content (AvgIpc) is 3.54. The number of nitrogens with one attached hydrogen (secondary N) is 1. The van der Waals surface area contributed by atoms with Gasteiger partial charge in [0, 0.05) is 6.04 Å². The van der Waals surface area contributed by atoms with E-state index in [-0.39, 0.29) is 34.8 Å². The number of amides is 3. The molecule has 0 aliphatic heterocycles. The molecule has 0 spiro atoms. The Labute approximate surface area is 219 Å². The lowest BCUT2D eigenvalue weighted by atomic mass is 9.94. The molecule has 2 aromatic heterocycles. The molecule has 1 atom stereocenters. The minimum Gasteiger partial charge on any atom is -0.494 e. The van der Waals surface area contributed by atoms with Gasteiger partial charge < -0.3 is 30.8 Å². The number of ether oxygens (including phenoxy) is 1. The largest absolute Gasteiger partial charge is 0.494 e. The van der Waals surface area contributed by atoms with Crippen LogP contribution in [0.25, 0.3) is 0 Å². The van der Waals surface area contributed by atoms with E-state index in [0.29, 0.717) is 23.7 Å². The van der Waals surface area contributed by atoms with Crippen LogP contribution in [0.2, 0.25) is 0 Å². The van der Waals surface area contributed by atoms with E-state index in [1.54, 1.807) is 36.4 Å². The fourth-order valence-corrected chi connectivity index (χ4v) is 5.28. The number of nitrogens with zero attached hydrogens (tertiary/aromatic N) is 2. The Morgan fingerprint density at radius 2 is 1.92 bits per heavy atom. The highest BCUT2D eigenvalue weighted by Crippen LogP contribution is 2.32. The number of anilines is 1. The number of carbonyl (C=O) groups excluding carboxylic acids is 3. The number of primary amides is 1. The molecule has 1 unspecified atom stereocenters. The first-order valence-electron chi connectivity index (χ1n) is 12.3. The zero-order valence-electron chi connectivity index (χ0n) is 20.6. The molecular weight excluding hydrogens is 494 g/mol. The minimum absolute atomic E-state index is 0.00889. The van der Waals surface area contributed by atoms with Crippen LogP contribution in [0.3, 0.4) is 0 Å². The quantitative estimate of drug-likeness (QED) is 0.365. The molecule has 196 valence electrons. The van der Waals surface area contributed by atoms with Crippen LogP contribution in [0.1, 0.15) is 76.6 Å². The van der Waals surface area contributed by atoms with Crippen LogP contribution >= 0.6 is 11.5 Å². The van der Waals surface area contributed by atoms with Gasteiger partial charge in [0.2, 0.25) is 5.91 Å². The number of hydrogen-bond acceptors (Lipinski definition) is 8. The van der Waals surface area contributed by atoms with Crippen molar-refractivity contribution in [2.24, 2.45) is 5.73 Å². The van der Waals surface area contributed by atoms with Crippen LogP contribution in [0.5, 0.6) is 5.75 Å². The number of carbonyl (C=O) groups is 3. The van der Waals surface area contributed by atoms with Gasteiger partial charge in [-0.25, -0.2) is 0 Å². The van der Waals surface area contributed by atoms with Gasteiger partial charge in [-0.05, 0) is 61.1 Å². The SMILES string of the molecule is CCOc1ccc(C(C(=O)NC2CCCCC2)N(Cc2ccco2)C(=O)c2snc(C(N)=O)c2N)cc1. The smallest absolute Gasteiger partial charge is 0.270 e. The van der Waals surface area contributed by atoms with E-state index in [0.717, 1.165) is 43.6 Å². The van der Waals surface area contributed by atoms with E-state index in [9.17, 15) is 14.4 Å². The average molecular weight is 526 g/mol. The molecule has 0 saturated heterocycles. The standard InChI is InChI=1S/C26H31N5O5S/c1-2-35-18-12-10-16(11-13-18)22(25(33)29-17-7-4-3-5-8-17)31(15-19-9-6-14-36-19)26(34)23-20(27)21(24(28)32)30-37-23/h6,9-14,17,22H,2-5,7-8,15,27H2,1H3,(H2,28,32)(H,29,33). The number of aromatic nitrogens is 1. The van der Waals surface area contributed by atoms with Crippen molar-refractivity contribution in [2.75, 3.05) is 12.3 Å². The van der Waals surface area contributed by atoms with Crippen molar-refractivity contribution in [3.63, 3.8) is 0 Å². The fourth-order valence-electron chi connectivity index (χ4n) is 4.52. The summed E-state index contributed by atoms with van der Waals surface area (Å²) in [5.41, 5.74) is 11.8. The second kappa shape index (κ2) is 11.9. The van der Waals surface area contributed by atoms with E-state index in [4.69, 9.17) is 20.6 Å². The second-order valence-corrected chi connectivity index (χ2v) is 9.67. The summed E-state index contributed by atoms with van der Waals surface area (Å²) in [5.74, 6) is -0.568. The molecular formula is C26H31N5O5S. The number of nitrogens with two attached hydrogens (primary N) is 2. The van der Waals surface area contributed by atoms with Gasteiger partial charge in [-0.1, -0.05) is 31.4 Å². The summed E-state index contributed by atoms with van der Waals surface area (Å²) in [4.78, 5) is 40.9. The van der Waals surface area contributed by atoms with Crippen molar-refractivity contribution in [3.8, 4) is 5.75 Å². The van der Waals surface area contributed by atoms with E-state index < -0.39 is 17.9 Å². The number of nitrogen functional groups attached to an aromatic ring is 1. The maximum Gasteiger partial charge on any atom is 0.270 e. The highest BCUT2D eigenvalue weighted by molar-refractivity contribution is 7.09. The molecule has 4 rings (SSSR count). The Bertz CT molecular complexity index is 1220. The summed E-state index contributed by atoms with van der Waals surface area (Å²) in [6, 6.07) is 9.52. The van der Waals surface area contributed by atoms with Gasteiger partial charge in [0.15, 0.2) is 5.69 Å². The molecule has 1 aromatic carbocycles. The Morgan fingerprint density at radius 3 is 2.51 bits per heavy atom. The zero-order chi connectivity index (χ0) is 26.4. The molecule has 10 nitrogen and oxygen atoms in total. The maximum absolute atomic E-state index is 13.9. The molecule has 1 aliphatic carbocycles. The van der Waals surface area contributed by atoms with Gasteiger partial charge in [0.25, 0.3) is 11.8 Å². The highest BCUT2D eigenvalue weighted by Gasteiger charge is 2.36. The Morgan fingerprint density at radius 1 is 1.19 bits per heavy atom. The third kappa shape index (κ3) is 6.11. The number of benzene rings is 1. The van der Waals surface area contributed by atoms with Gasteiger partial charge in [-0.15, -0.1) is 0 Å². The Balaban J connectivity index is 1.75. The van der Waals surface area contributed by atoms with Crippen molar-refractivity contribution in [2.45, 2.75) is 57.7 Å². The van der Waals surface area contributed by atoms with Crippen LogP contribution in [-0.2, 0) is 11.3 Å². The van der Waals surface area contributed by atoms with E-state index in [1.807, 2.05) is 6.92 Å². The van der Waals surface area contributed by atoms with Crippen molar-refractivity contribution in [1.29, 1.82) is 0 Å². The molecule has 0 bridgehead atoms. The lowest BCUT2D eigenvalue weighted by molar-refractivity contribution is -0.127.